The Morgan fingerprint density at radius 2 is 1.83 bits per heavy atom. The summed E-state index contributed by atoms with van der Waals surface area (Å²) in [6, 6.07) is 3.21. The Balaban J connectivity index is 2.41. The lowest BCUT2D eigenvalue weighted by Gasteiger charge is -2.24. The zero-order valence-corrected chi connectivity index (χ0v) is 10.6. The molecular weight excluding hydrogens is 263 g/mol. The highest BCUT2D eigenvalue weighted by Crippen LogP contribution is 2.42. The van der Waals surface area contributed by atoms with Crippen LogP contribution in [0.2, 0.25) is 5.02 Å². The minimum atomic E-state index is -4.41. The van der Waals surface area contributed by atoms with Crippen LogP contribution in [0.3, 0.4) is 0 Å². The second-order valence-electron chi connectivity index (χ2n) is 4.77. The van der Waals surface area contributed by atoms with E-state index in [0.29, 0.717) is 0 Å². The molecular formula is C13H15ClF3N. The molecule has 1 fully saturated rings. The molecule has 0 bridgehead atoms. The maximum absolute atomic E-state index is 13.0. The van der Waals surface area contributed by atoms with Crippen LogP contribution in [0.5, 0.6) is 0 Å². The monoisotopic (exact) mass is 277 g/mol. The van der Waals surface area contributed by atoms with Crippen LogP contribution in [0.15, 0.2) is 18.2 Å². The number of alkyl halides is 3. The molecule has 100 valence electrons. The number of nitrogens with two attached hydrogens (primary N) is 1. The first-order chi connectivity index (χ1) is 8.41. The summed E-state index contributed by atoms with van der Waals surface area (Å²) in [5.74, 6) is 0.103. The number of hydrogen-bond donors (Lipinski definition) is 1. The minimum Gasteiger partial charge on any atom is -0.324 e. The van der Waals surface area contributed by atoms with E-state index in [2.05, 4.69) is 0 Å². The van der Waals surface area contributed by atoms with Gasteiger partial charge in [-0.15, -0.1) is 0 Å². The molecule has 18 heavy (non-hydrogen) atoms. The van der Waals surface area contributed by atoms with Gasteiger partial charge in [0.05, 0.1) is 5.56 Å². The van der Waals surface area contributed by atoms with Crippen LogP contribution < -0.4 is 5.73 Å². The molecule has 1 aromatic carbocycles. The summed E-state index contributed by atoms with van der Waals surface area (Å²) < 4.78 is 38.9. The molecule has 0 radical (unpaired) electrons. The topological polar surface area (TPSA) is 26.0 Å². The predicted octanol–water partition coefficient (Wildman–Crippen LogP) is 4.55. The molecule has 2 N–H and O–H groups in total. The Morgan fingerprint density at radius 1 is 1.22 bits per heavy atom. The maximum atomic E-state index is 13.0. The highest BCUT2D eigenvalue weighted by atomic mass is 35.5. The van der Waals surface area contributed by atoms with Crippen LogP contribution in [0.1, 0.15) is 42.9 Å². The Bertz CT molecular complexity index is 425. The summed E-state index contributed by atoms with van der Waals surface area (Å²) in [5.41, 5.74) is 5.37. The van der Waals surface area contributed by atoms with Gasteiger partial charge in [-0.2, -0.15) is 13.2 Å². The fourth-order valence-electron chi connectivity index (χ4n) is 2.68. The van der Waals surface area contributed by atoms with E-state index in [1.54, 1.807) is 0 Å². The van der Waals surface area contributed by atoms with Gasteiger partial charge in [0.1, 0.15) is 0 Å². The van der Waals surface area contributed by atoms with Gasteiger partial charge in [0.15, 0.2) is 0 Å². The van der Waals surface area contributed by atoms with Gasteiger partial charge in [-0.1, -0.05) is 30.5 Å². The van der Waals surface area contributed by atoms with Crippen LogP contribution >= 0.6 is 11.6 Å². The third-order valence-corrected chi connectivity index (χ3v) is 3.93. The Kier molecular flexibility index (Phi) is 3.87. The summed E-state index contributed by atoms with van der Waals surface area (Å²) in [5, 5.41) is 0.115. The highest BCUT2D eigenvalue weighted by Gasteiger charge is 2.37. The fraction of sp³-hybridized carbons (Fsp3) is 0.538. The van der Waals surface area contributed by atoms with E-state index in [9.17, 15) is 13.2 Å². The van der Waals surface area contributed by atoms with E-state index in [1.165, 1.54) is 12.1 Å². The van der Waals surface area contributed by atoms with E-state index in [4.69, 9.17) is 17.3 Å². The van der Waals surface area contributed by atoms with Gasteiger partial charge in [0.2, 0.25) is 0 Å². The summed E-state index contributed by atoms with van der Waals surface area (Å²) >= 11 is 5.93. The quantitative estimate of drug-likeness (QED) is 0.843. The van der Waals surface area contributed by atoms with Gasteiger partial charge in [-0.3, -0.25) is 0 Å². The van der Waals surface area contributed by atoms with Crippen LogP contribution in [-0.4, -0.2) is 0 Å². The van der Waals surface area contributed by atoms with Crippen molar-refractivity contribution in [1.29, 1.82) is 0 Å². The molecule has 0 heterocycles. The number of rotatable bonds is 2. The van der Waals surface area contributed by atoms with Gasteiger partial charge >= 0.3 is 6.18 Å². The molecule has 1 saturated carbocycles. The molecule has 2 rings (SSSR count). The van der Waals surface area contributed by atoms with Crippen molar-refractivity contribution in [3.63, 3.8) is 0 Å². The molecule has 0 aliphatic heterocycles. The van der Waals surface area contributed by atoms with E-state index in [-0.39, 0.29) is 16.5 Å². The lowest BCUT2D eigenvalue weighted by Crippen LogP contribution is -2.23. The average Bonchev–Trinajstić information content (AvgIpc) is 2.80. The third kappa shape index (κ3) is 2.64. The zero-order chi connectivity index (χ0) is 13.3. The Morgan fingerprint density at radius 3 is 2.39 bits per heavy atom. The van der Waals surface area contributed by atoms with Crippen molar-refractivity contribution in [3.05, 3.63) is 34.3 Å². The predicted molar refractivity (Wildman–Crippen MR) is 65.3 cm³/mol. The van der Waals surface area contributed by atoms with Crippen molar-refractivity contribution in [2.24, 2.45) is 11.7 Å². The van der Waals surface area contributed by atoms with Crippen molar-refractivity contribution in [2.45, 2.75) is 37.9 Å². The van der Waals surface area contributed by atoms with Gasteiger partial charge in [0, 0.05) is 11.1 Å². The van der Waals surface area contributed by atoms with Gasteiger partial charge in [0.25, 0.3) is 0 Å². The molecule has 1 aliphatic rings. The second-order valence-corrected chi connectivity index (χ2v) is 5.18. The van der Waals surface area contributed by atoms with E-state index >= 15 is 0 Å². The molecule has 1 atom stereocenters. The SMILES string of the molecule is N[C@H](c1c(Cl)cccc1C(F)(F)F)C1CCCC1. The third-order valence-electron chi connectivity index (χ3n) is 3.60. The van der Waals surface area contributed by atoms with Crippen molar-refractivity contribution in [3.8, 4) is 0 Å². The van der Waals surface area contributed by atoms with Crippen LogP contribution in [0.4, 0.5) is 13.2 Å². The summed E-state index contributed by atoms with van der Waals surface area (Å²) in [4.78, 5) is 0. The molecule has 0 aromatic heterocycles. The number of benzene rings is 1. The number of halogens is 4. The minimum absolute atomic E-state index is 0.0542. The average molecular weight is 278 g/mol. The molecule has 0 amide bonds. The fourth-order valence-corrected chi connectivity index (χ4v) is 2.98. The smallest absolute Gasteiger partial charge is 0.324 e. The normalized spacial score (nSPS) is 19.2. The largest absolute Gasteiger partial charge is 0.416 e. The van der Waals surface area contributed by atoms with Gasteiger partial charge in [-0.25, -0.2) is 0 Å². The Hall–Kier alpha value is -0.740. The summed E-state index contributed by atoms with van der Waals surface area (Å²) in [6.45, 7) is 0. The van der Waals surface area contributed by atoms with Crippen molar-refractivity contribution >= 4 is 11.6 Å². The molecule has 5 heteroatoms. The molecule has 0 saturated heterocycles. The standard InChI is InChI=1S/C13H15ClF3N/c14-10-7-3-6-9(13(15,16)17)11(10)12(18)8-4-1-2-5-8/h3,6-8,12H,1-2,4-5,18H2/t12-/m0/s1. The molecule has 1 aliphatic carbocycles. The lowest BCUT2D eigenvalue weighted by molar-refractivity contribution is -0.138. The van der Waals surface area contributed by atoms with Gasteiger partial charge < -0.3 is 5.73 Å². The maximum Gasteiger partial charge on any atom is 0.416 e. The van der Waals surface area contributed by atoms with E-state index in [0.717, 1.165) is 31.7 Å². The first-order valence-corrected chi connectivity index (χ1v) is 6.40. The second kappa shape index (κ2) is 5.10. The highest BCUT2D eigenvalue weighted by molar-refractivity contribution is 6.31. The van der Waals surface area contributed by atoms with Crippen LogP contribution in [0, 0.1) is 5.92 Å². The van der Waals surface area contributed by atoms with E-state index in [1.807, 2.05) is 0 Å². The van der Waals surface area contributed by atoms with Crippen molar-refractivity contribution < 1.29 is 13.2 Å². The summed E-state index contributed by atoms with van der Waals surface area (Å²) in [7, 11) is 0. The van der Waals surface area contributed by atoms with Gasteiger partial charge in [-0.05, 0) is 36.5 Å². The zero-order valence-electron chi connectivity index (χ0n) is 9.80. The molecule has 0 unspecified atom stereocenters. The molecule has 0 spiro atoms. The van der Waals surface area contributed by atoms with Crippen LogP contribution in [-0.2, 0) is 6.18 Å². The first kappa shape index (κ1) is 13.7. The van der Waals surface area contributed by atoms with Crippen molar-refractivity contribution in [1.82, 2.24) is 0 Å². The van der Waals surface area contributed by atoms with Crippen molar-refractivity contribution in [2.75, 3.05) is 0 Å². The van der Waals surface area contributed by atoms with Crippen LogP contribution in [0.25, 0.3) is 0 Å². The number of hydrogen-bond acceptors (Lipinski definition) is 1. The first-order valence-electron chi connectivity index (χ1n) is 6.02. The molecule has 1 aromatic rings. The van der Waals surface area contributed by atoms with E-state index < -0.39 is 17.8 Å². The molecule has 1 nitrogen and oxygen atoms in total. The lowest BCUT2D eigenvalue weighted by atomic mass is 9.89. The Labute approximate surface area is 109 Å². The summed E-state index contributed by atoms with van der Waals surface area (Å²) in [6.07, 6.45) is -0.585.